The number of carbonyl (C=O) groups is 4. The highest BCUT2D eigenvalue weighted by molar-refractivity contribution is 5.89. The highest BCUT2D eigenvalue weighted by Crippen LogP contribution is 2.40. The first-order valence-corrected chi connectivity index (χ1v) is 21.1. The standard InChI is InChI=1S/C46H56F2N8O6/c1-23(2)39(51-45(59)61-9)43(57)55-21-25(5)15-37(55)41-49-33-13-11-27(17-35(33)53(41)7)29-19-32(48)30(20-31(29)47)28-12-14-34-36(18-28)54(8)42(50-34)38-16-26(6)22-56(38)44(58)40(24(3)4)52-46(60)62-10/h11-14,17-20,23-26,37-40H,15-16,21-22H2,1-10H3,(H,51,59)(H,52,60)/t25-,26-,37-,38-,39-,40-/m0/s1. The van der Waals surface area contributed by atoms with Crippen molar-refractivity contribution in [2.24, 2.45) is 37.8 Å². The Morgan fingerprint density at radius 3 is 1.35 bits per heavy atom. The number of carbonyl (C=O) groups excluding carboxylic acids is 4. The predicted molar refractivity (Wildman–Crippen MR) is 231 cm³/mol. The van der Waals surface area contributed by atoms with Crippen molar-refractivity contribution in [2.75, 3.05) is 27.3 Å². The molecule has 7 rings (SSSR count). The quantitative estimate of drug-likeness (QED) is 0.145. The van der Waals surface area contributed by atoms with Crippen LogP contribution in [-0.4, -0.2) is 92.3 Å². The summed E-state index contributed by atoms with van der Waals surface area (Å²) in [5.74, 6) is -0.363. The summed E-state index contributed by atoms with van der Waals surface area (Å²) in [6.07, 6.45) is -0.0270. The molecule has 6 atom stereocenters. The van der Waals surface area contributed by atoms with E-state index in [-0.39, 0.29) is 58.7 Å². The van der Waals surface area contributed by atoms with Crippen LogP contribution in [0.1, 0.15) is 78.1 Å². The number of methoxy groups -OCH3 is 2. The Labute approximate surface area is 359 Å². The maximum atomic E-state index is 16.2. The molecular formula is C46H56F2N8O6. The summed E-state index contributed by atoms with van der Waals surface area (Å²) in [5.41, 5.74) is 3.76. The van der Waals surface area contributed by atoms with Crippen LogP contribution in [0.5, 0.6) is 0 Å². The fraction of sp³-hybridized carbons (Fsp3) is 0.478. The number of ether oxygens (including phenoxy) is 2. The monoisotopic (exact) mass is 854 g/mol. The van der Waals surface area contributed by atoms with Crippen molar-refractivity contribution >= 4 is 46.1 Å². The summed E-state index contributed by atoms with van der Waals surface area (Å²) in [7, 11) is 6.21. The first kappa shape index (κ1) is 44.0. The van der Waals surface area contributed by atoms with Gasteiger partial charge in [-0.25, -0.2) is 28.3 Å². The molecule has 2 N–H and O–H groups in total. The van der Waals surface area contributed by atoms with Gasteiger partial charge in [0.25, 0.3) is 0 Å². The van der Waals surface area contributed by atoms with Gasteiger partial charge in [0.05, 0.1) is 48.4 Å². The van der Waals surface area contributed by atoms with E-state index < -0.39 is 35.9 Å². The number of hydrogen-bond donors (Lipinski definition) is 2. The van der Waals surface area contributed by atoms with Crippen molar-refractivity contribution in [2.45, 2.75) is 78.6 Å². The van der Waals surface area contributed by atoms with Crippen LogP contribution < -0.4 is 10.6 Å². The van der Waals surface area contributed by atoms with Crippen molar-refractivity contribution in [3.63, 3.8) is 0 Å². The number of alkyl carbamates (subject to hydrolysis) is 2. The minimum atomic E-state index is -0.785. The minimum absolute atomic E-state index is 0.0845. The predicted octanol–water partition coefficient (Wildman–Crippen LogP) is 7.65. The number of nitrogens with one attached hydrogen (secondary N) is 2. The van der Waals surface area contributed by atoms with Crippen LogP contribution in [0.3, 0.4) is 0 Å². The maximum Gasteiger partial charge on any atom is 0.407 e. The molecule has 2 aliphatic rings. The molecule has 4 heterocycles. The van der Waals surface area contributed by atoms with Gasteiger partial charge in [-0.1, -0.05) is 53.7 Å². The molecule has 5 aromatic rings. The van der Waals surface area contributed by atoms with E-state index in [2.05, 4.69) is 24.5 Å². The van der Waals surface area contributed by atoms with Crippen LogP contribution in [0.25, 0.3) is 44.3 Å². The van der Waals surface area contributed by atoms with E-state index in [1.165, 1.54) is 26.4 Å². The lowest BCUT2D eigenvalue weighted by Gasteiger charge is -2.30. The Morgan fingerprint density at radius 2 is 1.02 bits per heavy atom. The van der Waals surface area contributed by atoms with Crippen molar-refractivity contribution < 1.29 is 37.4 Å². The maximum absolute atomic E-state index is 16.2. The van der Waals surface area contributed by atoms with E-state index >= 15 is 8.78 Å². The Bertz CT molecular complexity index is 2380. The van der Waals surface area contributed by atoms with Crippen LogP contribution in [0.4, 0.5) is 18.4 Å². The number of likely N-dealkylation sites (tertiary alicyclic amines) is 2. The van der Waals surface area contributed by atoms with Crippen molar-refractivity contribution in [3.8, 4) is 22.3 Å². The molecule has 0 aliphatic carbocycles. The smallest absolute Gasteiger partial charge is 0.407 e. The van der Waals surface area contributed by atoms with E-state index in [9.17, 15) is 19.2 Å². The van der Waals surface area contributed by atoms with E-state index in [1.807, 2.05) is 50.9 Å². The summed E-state index contributed by atoms with van der Waals surface area (Å²) < 4.78 is 45.8. The number of halogens is 2. The molecule has 0 radical (unpaired) electrons. The second-order valence-electron chi connectivity index (χ2n) is 17.7. The molecule has 330 valence electrons. The molecule has 0 saturated carbocycles. The number of rotatable bonds is 10. The van der Waals surface area contributed by atoms with Gasteiger partial charge in [-0.15, -0.1) is 0 Å². The van der Waals surface area contributed by atoms with Crippen LogP contribution in [-0.2, 0) is 33.2 Å². The lowest BCUT2D eigenvalue weighted by Crippen LogP contribution is -2.51. The topological polar surface area (TPSA) is 153 Å². The molecule has 0 bridgehead atoms. The van der Waals surface area contributed by atoms with Gasteiger partial charge in [-0.3, -0.25) is 9.59 Å². The first-order chi connectivity index (χ1) is 29.4. The average molecular weight is 855 g/mol. The number of fused-ring (bicyclic) bond motifs is 2. The second-order valence-corrected chi connectivity index (χ2v) is 17.7. The molecule has 2 fully saturated rings. The molecular weight excluding hydrogens is 799 g/mol. The van der Waals surface area contributed by atoms with Gasteiger partial charge >= 0.3 is 12.2 Å². The molecule has 4 amide bonds. The SMILES string of the molecule is COC(=O)N[C@H](C(=O)N1C[C@@H](C)C[C@H]1c1nc2ccc(-c3cc(F)c(-c4ccc5nc([C@@H]6C[C@H](C)CN6C(=O)[C@@H](NC(=O)OC)C(C)C)n(C)c5c4)cc3F)cc2n1C)C(C)C. The van der Waals surface area contributed by atoms with Gasteiger partial charge in [0.1, 0.15) is 35.4 Å². The summed E-state index contributed by atoms with van der Waals surface area (Å²) in [5, 5.41) is 5.37. The third-order valence-electron chi connectivity index (χ3n) is 12.5. The Kier molecular flexibility index (Phi) is 12.3. The molecule has 62 heavy (non-hydrogen) atoms. The van der Waals surface area contributed by atoms with E-state index in [1.54, 1.807) is 46.2 Å². The number of benzene rings is 3. The summed E-state index contributed by atoms with van der Waals surface area (Å²) in [6.45, 7) is 12.6. The Balaban J connectivity index is 1.17. The number of nitrogens with zero attached hydrogens (tertiary/aromatic N) is 6. The van der Waals surface area contributed by atoms with Crippen LogP contribution in [0.2, 0.25) is 0 Å². The summed E-state index contributed by atoms with van der Waals surface area (Å²) in [6, 6.07) is 10.6. The van der Waals surface area contributed by atoms with Crippen LogP contribution in [0.15, 0.2) is 48.5 Å². The normalized spacial score (nSPS) is 20.0. The minimum Gasteiger partial charge on any atom is -0.453 e. The zero-order valence-corrected chi connectivity index (χ0v) is 37.0. The molecule has 2 aliphatic heterocycles. The fourth-order valence-corrected chi connectivity index (χ4v) is 9.16. The number of imidazole rings is 2. The largest absolute Gasteiger partial charge is 0.453 e. The van der Waals surface area contributed by atoms with Gasteiger partial charge in [0.2, 0.25) is 11.8 Å². The van der Waals surface area contributed by atoms with Gasteiger partial charge in [0.15, 0.2) is 0 Å². The molecule has 2 aromatic heterocycles. The number of aromatic nitrogens is 4. The molecule has 16 heteroatoms. The van der Waals surface area contributed by atoms with Gasteiger partial charge in [0, 0.05) is 38.3 Å². The molecule has 14 nitrogen and oxygen atoms in total. The first-order valence-electron chi connectivity index (χ1n) is 21.1. The lowest BCUT2D eigenvalue weighted by atomic mass is 9.98. The second kappa shape index (κ2) is 17.4. The molecule has 3 aromatic carbocycles. The van der Waals surface area contributed by atoms with Crippen LogP contribution >= 0.6 is 0 Å². The number of hydrogen-bond acceptors (Lipinski definition) is 8. The van der Waals surface area contributed by atoms with E-state index in [0.717, 1.165) is 0 Å². The molecule has 2 saturated heterocycles. The van der Waals surface area contributed by atoms with Gasteiger partial charge in [-0.05, 0) is 84.0 Å². The lowest BCUT2D eigenvalue weighted by molar-refractivity contribution is -0.136. The van der Waals surface area contributed by atoms with Gasteiger partial charge < -0.3 is 39.0 Å². The van der Waals surface area contributed by atoms with Gasteiger partial charge in [-0.2, -0.15) is 0 Å². The zero-order chi connectivity index (χ0) is 44.9. The third kappa shape index (κ3) is 8.18. The third-order valence-corrected chi connectivity index (χ3v) is 12.5. The van der Waals surface area contributed by atoms with Crippen molar-refractivity contribution in [1.82, 2.24) is 39.5 Å². The number of aryl methyl sites for hydroxylation is 2. The van der Waals surface area contributed by atoms with E-state index in [0.29, 0.717) is 70.8 Å². The highest BCUT2D eigenvalue weighted by atomic mass is 19.1. The molecule has 0 spiro atoms. The van der Waals surface area contributed by atoms with Crippen molar-refractivity contribution in [3.05, 3.63) is 71.8 Å². The summed E-state index contributed by atoms with van der Waals surface area (Å²) in [4.78, 5) is 65.4. The van der Waals surface area contributed by atoms with Crippen LogP contribution in [0, 0.1) is 35.3 Å². The van der Waals surface area contributed by atoms with E-state index in [4.69, 9.17) is 19.4 Å². The summed E-state index contributed by atoms with van der Waals surface area (Å²) >= 11 is 0. The Morgan fingerprint density at radius 1 is 0.645 bits per heavy atom. The number of amides is 4. The highest BCUT2D eigenvalue weighted by Gasteiger charge is 2.42. The van der Waals surface area contributed by atoms with Crippen molar-refractivity contribution in [1.29, 1.82) is 0 Å². The Hall–Kier alpha value is -6.06. The zero-order valence-electron chi connectivity index (χ0n) is 37.0. The average Bonchev–Trinajstić information content (AvgIpc) is 4.00. The fourth-order valence-electron chi connectivity index (χ4n) is 9.16. The molecule has 0 unspecified atom stereocenters.